The van der Waals surface area contributed by atoms with Gasteiger partial charge in [0.2, 0.25) is 0 Å². The van der Waals surface area contributed by atoms with E-state index in [4.69, 9.17) is 9.79 Å². The molecule has 1 aliphatic carbocycles. The van der Waals surface area contributed by atoms with Gasteiger partial charge in [-0.1, -0.05) is 24.3 Å². The van der Waals surface area contributed by atoms with Crippen LogP contribution in [0.2, 0.25) is 0 Å². The second-order valence-electron chi connectivity index (χ2n) is 3.00. The van der Waals surface area contributed by atoms with E-state index in [1.54, 1.807) is 6.07 Å². The van der Waals surface area contributed by atoms with Crippen LogP contribution >= 0.6 is 7.60 Å². The molecule has 1 aromatic carbocycles. The van der Waals surface area contributed by atoms with Gasteiger partial charge in [0.25, 0.3) is 0 Å². The van der Waals surface area contributed by atoms with Gasteiger partial charge in [-0.2, -0.15) is 0 Å². The van der Waals surface area contributed by atoms with Gasteiger partial charge in [-0.3, -0.25) is 4.57 Å². The van der Waals surface area contributed by atoms with Crippen LogP contribution in [0, 0.1) is 0 Å². The van der Waals surface area contributed by atoms with Crippen molar-refractivity contribution in [2.24, 2.45) is 0 Å². The van der Waals surface area contributed by atoms with Gasteiger partial charge in [0, 0.05) is 0 Å². The fraction of sp³-hybridized carbons (Fsp3) is 0.111. The Labute approximate surface area is 75.9 Å². The second-order valence-corrected chi connectivity index (χ2v) is 4.57. The Balaban J connectivity index is 2.63. The van der Waals surface area contributed by atoms with Crippen LogP contribution in [-0.2, 0) is 11.0 Å². The monoisotopic (exact) mass is 196 g/mol. The minimum atomic E-state index is -4.10. The van der Waals surface area contributed by atoms with Gasteiger partial charge in [0.05, 0.1) is 5.30 Å². The van der Waals surface area contributed by atoms with Crippen LogP contribution in [0.3, 0.4) is 0 Å². The topological polar surface area (TPSA) is 57.5 Å². The first-order chi connectivity index (χ1) is 6.09. The fourth-order valence-electron chi connectivity index (χ4n) is 1.55. The minimum absolute atomic E-state index is 0.162. The number of rotatable bonds is 1. The molecule has 0 aromatic heterocycles. The molecule has 4 heteroatoms. The van der Waals surface area contributed by atoms with Gasteiger partial charge in [0.1, 0.15) is 0 Å². The summed E-state index contributed by atoms with van der Waals surface area (Å²) in [5, 5.41) is 0.162. The Kier molecular flexibility index (Phi) is 1.88. The normalized spacial score (nSPS) is 14.6. The quantitative estimate of drug-likeness (QED) is 0.660. The molecule has 1 aliphatic rings. The van der Waals surface area contributed by atoms with Crippen LogP contribution in [0.25, 0.3) is 6.08 Å². The van der Waals surface area contributed by atoms with E-state index >= 15 is 0 Å². The SMILES string of the molecule is O=P(O)(O)c1cccc2c1CC=C2. The number of fused-ring (bicyclic) bond motifs is 1. The van der Waals surface area contributed by atoms with Crippen molar-refractivity contribution in [2.45, 2.75) is 6.42 Å². The van der Waals surface area contributed by atoms with Crippen molar-refractivity contribution < 1.29 is 14.4 Å². The second kappa shape index (κ2) is 2.81. The summed E-state index contributed by atoms with van der Waals surface area (Å²) in [6.07, 6.45) is 4.41. The third-order valence-corrected chi connectivity index (χ3v) is 3.17. The highest BCUT2D eigenvalue weighted by molar-refractivity contribution is 7.60. The number of benzene rings is 1. The van der Waals surface area contributed by atoms with Crippen molar-refractivity contribution in [1.29, 1.82) is 0 Å². The Bertz CT molecular complexity index is 417. The summed E-state index contributed by atoms with van der Waals surface area (Å²) in [6, 6.07) is 5.02. The van der Waals surface area contributed by atoms with Gasteiger partial charge >= 0.3 is 7.60 Å². The van der Waals surface area contributed by atoms with Gasteiger partial charge in [-0.05, 0) is 23.6 Å². The van der Waals surface area contributed by atoms with Crippen LogP contribution < -0.4 is 5.30 Å². The number of hydrogen-bond donors (Lipinski definition) is 2. The molecule has 13 heavy (non-hydrogen) atoms. The molecule has 2 N–H and O–H groups in total. The molecule has 0 amide bonds. The molecule has 0 saturated carbocycles. The summed E-state index contributed by atoms with van der Waals surface area (Å²) in [5.41, 5.74) is 1.68. The summed E-state index contributed by atoms with van der Waals surface area (Å²) in [6.45, 7) is 0. The molecule has 0 radical (unpaired) electrons. The van der Waals surface area contributed by atoms with Crippen LogP contribution in [0.5, 0.6) is 0 Å². The minimum Gasteiger partial charge on any atom is -0.321 e. The third-order valence-electron chi connectivity index (χ3n) is 2.12. The highest BCUT2D eigenvalue weighted by Gasteiger charge is 2.23. The molecule has 0 spiro atoms. The molecule has 0 saturated heterocycles. The van der Waals surface area contributed by atoms with E-state index in [2.05, 4.69) is 0 Å². The lowest BCUT2D eigenvalue weighted by Crippen LogP contribution is -2.10. The zero-order chi connectivity index (χ0) is 9.47. The standard InChI is InChI=1S/C9H9O3P/c10-13(11,12)9-6-2-4-7-3-1-5-8(7)9/h1-4,6H,5H2,(H2,10,11,12). The molecule has 0 bridgehead atoms. The first-order valence-electron chi connectivity index (χ1n) is 3.93. The van der Waals surface area contributed by atoms with Crippen LogP contribution in [-0.4, -0.2) is 9.79 Å². The first kappa shape index (κ1) is 8.70. The average Bonchev–Trinajstić information content (AvgIpc) is 2.48. The van der Waals surface area contributed by atoms with Gasteiger partial charge in [0.15, 0.2) is 0 Å². The molecule has 68 valence electrons. The summed E-state index contributed by atoms with van der Waals surface area (Å²) in [4.78, 5) is 18.1. The zero-order valence-corrected chi connectivity index (χ0v) is 7.74. The predicted octanol–water partition coefficient (Wildman–Crippen LogP) is 1.06. The molecule has 0 unspecified atom stereocenters. The van der Waals surface area contributed by atoms with E-state index in [1.807, 2.05) is 18.2 Å². The maximum Gasteiger partial charge on any atom is 0.356 e. The van der Waals surface area contributed by atoms with E-state index in [0.717, 1.165) is 11.1 Å². The molecule has 0 fully saturated rings. The average molecular weight is 196 g/mol. The van der Waals surface area contributed by atoms with E-state index in [0.29, 0.717) is 6.42 Å². The first-order valence-corrected chi connectivity index (χ1v) is 5.55. The van der Waals surface area contributed by atoms with Crippen molar-refractivity contribution in [3.63, 3.8) is 0 Å². The largest absolute Gasteiger partial charge is 0.356 e. The van der Waals surface area contributed by atoms with Gasteiger partial charge < -0.3 is 9.79 Å². The highest BCUT2D eigenvalue weighted by Crippen LogP contribution is 2.36. The Morgan fingerprint density at radius 1 is 1.31 bits per heavy atom. The lowest BCUT2D eigenvalue weighted by atomic mass is 10.1. The van der Waals surface area contributed by atoms with Crippen molar-refractivity contribution in [3.05, 3.63) is 35.4 Å². The fourth-order valence-corrected chi connectivity index (χ4v) is 2.40. The van der Waals surface area contributed by atoms with Crippen molar-refractivity contribution in [2.75, 3.05) is 0 Å². The summed E-state index contributed by atoms with van der Waals surface area (Å²) < 4.78 is 11.1. The Morgan fingerprint density at radius 3 is 2.77 bits per heavy atom. The summed E-state index contributed by atoms with van der Waals surface area (Å²) in [7, 11) is -4.10. The summed E-state index contributed by atoms with van der Waals surface area (Å²) in [5.74, 6) is 0. The van der Waals surface area contributed by atoms with Crippen LogP contribution in [0.4, 0.5) is 0 Å². The van der Waals surface area contributed by atoms with Crippen molar-refractivity contribution in [3.8, 4) is 0 Å². The molecular formula is C9H9O3P. The maximum absolute atomic E-state index is 11.1. The van der Waals surface area contributed by atoms with Crippen LogP contribution in [0.15, 0.2) is 24.3 Å². The van der Waals surface area contributed by atoms with Crippen molar-refractivity contribution in [1.82, 2.24) is 0 Å². The van der Waals surface area contributed by atoms with Crippen molar-refractivity contribution >= 4 is 19.0 Å². The maximum atomic E-state index is 11.1. The van der Waals surface area contributed by atoms with E-state index in [9.17, 15) is 4.57 Å². The molecule has 2 rings (SSSR count). The number of allylic oxidation sites excluding steroid dienone is 1. The predicted molar refractivity (Wildman–Crippen MR) is 50.9 cm³/mol. The Morgan fingerprint density at radius 2 is 2.08 bits per heavy atom. The smallest absolute Gasteiger partial charge is 0.321 e. The molecular weight excluding hydrogens is 187 g/mol. The van der Waals surface area contributed by atoms with Gasteiger partial charge in [-0.25, -0.2) is 0 Å². The lowest BCUT2D eigenvalue weighted by molar-refractivity contribution is 0.387. The van der Waals surface area contributed by atoms with Gasteiger partial charge in [-0.15, -0.1) is 0 Å². The van der Waals surface area contributed by atoms with E-state index in [-0.39, 0.29) is 5.30 Å². The molecule has 0 atom stereocenters. The molecule has 3 nitrogen and oxygen atoms in total. The number of hydrogen-bond acceptors (Lipinski definition) is 1. The van der Waals surface area contributed by atoms with E-state index in [1.165, 1.54) is 6.07 Å². The Hall–Kier alpha value is -0.890. The molecule has 0 heterocycles. The molecule has 1 aromatic rings. The summed E-state index contributed by atoms with van der Waals surface area (Å²) >= 11 is 0. The molecule has 0 aliphatic heterocycles. The third kappa shape index (κ3) is 1.46. The highest BCUT2D eigenvalue weighted by atomic mass is 31.2. The zero-order valence-electron chi connectivity index (χ0n) is 6.84. The van der Waals surface area contributed by atoms with E-state index < -0.39 is 7.60 Å². The lowest BCUT2D eigenvalue weighted by Gasteiger charge is -2.08. The van der Waals surface area contributed by atoms with Crippen LogP contribution in [0.1, 0.15) is 11.1 Å².